The van der Waals surface area contributed by atoms with Crippen LogP contribution >= 0.6 is 0 Å². The molecule has 1 aromatic carbocycles. The van der Waals surface area contributed by atoms with Gasteiger partial charge in [-0.3, -0.25) is 4.79 Å². The number of rotatable bonds is 5. The van der Waals surface area contributed by atoms with Gasteiger partial charge in [-0.2, -0.15) is 0 Å². The largest absolute Gasteiger partial charge is 0.460 e. The smallest absolute Gasteiger partial charge is 0.316 e. The molecule has 1 amide bonds. The molecule has 1 aliphatic heterocycles. The Morgan fingerprint density at radius 3 is 2.56 bits per heavy atom. The number of carbonyl (C=O) groups excluding carboxylic acids is 1. The molecule has 0 atom stereocenters. The molecule has 0 saturated carbocycles. The number of benzene rings is 1. The van der Waals surface area contributed by atoms with Gasteiger partial charge >= 0.3 is 6.01 Å². The molecule has 27 heavy (non-hydrogen) atoms. The van der Waals surface area contributed by atoms with Crippen LogP contribution in [0.1, 0.15) is 25.3 Å². The van der Waals surface area contributed by atoms with Crippen molar-refractivity contribution in [1.29, 1.82) is 0 Å². The molecule has 144 valence electrons. The number of nitrogens with zero attached hydrogens (tertiary/aromatic N) is 3. The molecule has 3 rings (SSSR count). The maximum atomic E-state index is 14.3. The van der Waals surface area contributed by atoms with Crippen molar-refractivity contribution in [3.63, 3.8) is 0 Å². The van der Waals surface area contributed by atoms with Gasteiger partial charge in [0.1, 0.15) is 18.0 Å². The van der Waals surface area contributed by atoms with Gasteiger partial charge in [0.15, 0.2) is 0 Å². The minimum atomic E-state index is -1.03. The molecule has 1 aromatic heterocycles. The fraction of sp³-hybridized carbons (Fsp3) is 0.421. The number of amides is 1. The predicted molar refractivity (Wildman–Crippen MR) is 95.3 cm³/mol. The number of aliphatic hydroxyl groups is 2. The monoisotopic (exact) mass is 375 g/mol. The van der Waals surface area contributed by atoms with E-state index in [4.69, 9.17) is 9.84 Å². The number of ether oxygens (including phenoxy) is 1. The summed E-state index contributed by atoms with van der Waals surface area (Å²) in [6, 6.07) is 4.83. The Kier molecular flexibility index (Phi) is 5.67. The van der Waals surface area contributed by atoms with Gasteiger partial charge in [0.25, 0.3) is 0 Å². The van der Waals surface area contributed by atoms with Crippen molar-refractivity contribution < 1.29 is 24.1 Å². The van der Waals surface area contributed by atoms with E-state index in [1.807, 2.05) is 0 Å². The summed E-state index contributed by atoms with van der Waals surface area (Å²) in [5.74, 6) is -0.516. The van der Waals surface area contributed by atoms with Crippen LogP contribution in [0.15, 0.2) is 30.6 Å². The van der Waals surface area contributed by atoms with E-state index < -0.39 is 11.4 Å². The van der Waals surface area contributed by atoms with Crippen molar-refractivity contribution >= 4 is 5.91 Å². The standard InChI is InChI=1S/C19H22FN3O4/c1-13(25)23-7-5-19(26,6-8-23)12-27-18-21-9-15(10-22-18)16-4-2-3-14(11-24)17(16)20/h2-4,9-10,24,26H,5-8,11-12H2,1H3. The predicted octanol–water partition coefficient (Wildman–Crippen LogP) is 1.53. The summed E-state index contributed by atoms with van der Waals surface area (Å²) < 4.78 is 19.8. The third-order valence-corrected chi connectivity index (χ3v) is 4.80. The number of aromatic nitrogens is 2. The number of hydrogen-bond acceptors (Lipinski definition) is 6. The third kappa shape index (κ3) is 4.40. The van der Waals surface area contributed by atoms with Crippen LogP contribution in [0, 0.1) is 5.82 Å². The number of likely N-dealkylation sites (tertiary alicyclic amines) is 1. The minimum Gasteiger partial charge on any atom is -0.460 e. The minimum absolute atomic E-state index is 0.00519. The molecular formula is C19H22FN3O4. The van der Waals surface area contributed by atoms with Crippen molar-refractivity contribution in [2.45, 2.75) is 32.0 Å². The zero-order valence-electron chi connectivity index (χ0n) is 15.1. The summed E-state index contributed by atoms with van der Waals surface area (Å²) in [5.41, 5.74) is -0.0749. The lowest BCUT2D eigenvalue weighted by atomic mass is 9.92. The van der Waals surface area contributed by atoms with Crippen LogP contribution in [-0.4, -0.2) is 56.3 Å². The average molecular weight is 375 g/mol. The molecule has 1 aliphatic rings. The molecule has 2 N–H and O–H groups in total. The number of aliphatic hydroxyl groups excluding tert-OH is 1. The first-order valence-electron chi connectivity index (χ1n) is 8.73. The van der Waals surface area contributed by atoms with Gasteiger partial charge in [-0.05, 0) is 12.8 Å². The van der Waals surface area contributed by atoms with Crippen molar-refractivity contribution in [1.82, 2.24) is 14.9 Å². The molecular weight excluding hydrogens is 353 g/mol. The Labute approximate surface area is 156 Å². The number of carbonyl (C=O) groups is 1. The first-order valence-corrected chi connectivity index (χ1v) is 8.73. The second-order valence-corrected chi connectivity index (χ2v) is 6.71. The third-order valence-electron chi connectivity index (χ3n) is 4.80. The van der Waals surface area contributed by atoms with Gasteiger partial charge in [-0.25, -0.2) is 14.4 Å². The lowest BCUT2D eigenvalue weighted by molar-refractivity contribution is -0.134. The number of hydrogen-bond donors (Lipinski definition) is 2. The first-order chi connectivity index (χ1) is 12.9. The highest BCUT2D eigenvalue weighted by atomic mass is 19.1. The summed E-state index contributed by atoms with van der Waals surface area (Å²) in [5, 5.41) is 19.7. The highest BCUT2D eigenvalue weighted by Crippen LogP contribution is 2.26. The van der Waals surface area contributed by atoms with E-state index in [2.05, 4.69) is 9.97 Å². The van der Waals surface area contributed by atoms with E-state index >= 15 is 0 Å². The summed E-state index contributed by atoms with van der Waals surface area (Å²) in [7, 11) is 0. The van der Waals surface area contributed by atoms with Crippen molar-refractivity contribution in [2.75, 3.05) is 19.7 Å². The Morgan fingerprint density at radius 1 is 1.30 bits per heavy atom. The van der Waals surface area contributed by atoms with Crippen LogP contribution in [0.3, 0.4) is 0 Å². The molecule has 0 spiro atoms. The SMILES string of the molecule is CC(=O)N1CCC(O)(COc2ncc(-c3cccc(CO)c3F)cn2)CC1. The average Bonchev–Trinajstić information content (AvgIpc) is 2.67. The number of piperidine rings is 1. The Balaban J connectivity index is 1.63. The zero-order chi connectivity index (χ0) is 19.4. The van der Waals surface area contributed by atoms with Crippen molar-refractivity contribution in [2.24, 2.45) is 0 Å². The van der Waals surface area contributed by atoms with Crippen LogP contribution < -0.4 is 4.74 Å². The molecule has 0 radical (unpaired) electrons. The molecule has 8 heteroatoms. The van der Waals surface area contributed by atoms with Gasteiger partial charge < -0.3 is 19.8 Å². The van der Waals surface area contributed by atoms with Gasteiger partial charge in [-0.1, -0.05) is 18.2 Å². The second kappa shape index (κ2) is 7.98. The van der Waals surface area contributed by atoms with E-state index in [1.165, 1.54) is 25.4 Å². The lowest BCUT2D eigenvalue weighted by Crippen LogP contribution is -2.49. The van der Waals surface area contributed by atoms with Crippen LogP contribution in [0.5, 0.6) is 6.01 Å². The Bertz CT molecular complexity index is 805. The Hall–Kier alpha value is -2.58. The van der Waals surface area contributed by atoms with Gasteiger partial charge in [0.05, 0.1) is 6.61 Å². The van der Waals surface area contributed by atoms with E-state index in [-0.39, 0.29) is 30.7 Å². The maximum Gasteiger partial charge on any atom is 0.316 e. The van der Waals surface area contributed by atoms with E-state index in [1.54, 1.807) is 17.0 Å². The molecule has 0 unspecified atom stereocenters. The van der Waals surface area contributed by atoms with Crippen LogP contribution in [-0.2, 0) is 11.4 Å². The molecule has 2 aromatic rings. The van der Waals surface area contributed by atoms with Crippen molar-refractivity contribution in [3.05, 3.63) is 42.0 Å². The van der Waals surface area contributed by atoms with Gasteiger partial charge in [0.2, 0.25) is 5.91 Å². The van der Waals surface area contributed by atoms with E-state index in [0.717, 1.165) is 0 Å². The van der Waals surface area contributed by atoms with Crippen LogP contribution in [0.4, 0.5) is 4.39 Å². The quantitative estimate of drug-likeness (QED) is 0.823. The normalized spacial score (nSPS) is 16.2. The highest BCUT2D eigenvalue weighted by Gasteiger charge is 2.34. The molecule has 1 fully saturated rings. The summed E-state index contributed by atoms with van der Waals surface area (Å²) in [6.45, 7) is 2.11. The lowest BCUT2D eigenvalue weighted by Gasteiger charge is -2.37. The maximum absolute atomic E-state index is 14.3. The summed E-state index contributed by atoms with van der Waals surface area (Å²) in [4.78, 5) is 21.2. The van der Waals surface area contributed by atoms with E-state index in [0.29, 0.717) is 37.1 Å². The summed E-state index contributed by atoms with van der Waals surface area (Å²) in [6.07, 6.45) is 3.71. The fourth-order valence-corrected chi connectivity index (χ4v) is 3.04. The molecule has 0 aliphatic carbocycles. The molecule has 1 saturated heterocycles. The van der Waals surface area contributed by atoms with E-state index in [9.17, 15) is 14.3 Å². The zero-order valence-corrected chi connectivity index (χ0v) is 15.1. The van der Waals surface area contributed by atoms with Crippen molar-refractivity contribution in [3.8, 4) is 17.1 Å². The first kappa shape index (κ1) is 19.2. The molecule has 7 nitrogen and oxygen atoms in total. The summed E-state index contributed by atoms with van der Waals surface area (Å²) >= 11 is 0. The topological polar surface area (TPSA) is 95.8 Å². The fourth-order valence-electron chi connectivity index (χ4n) is 3.04. The van der Waals surface area contributed by atoms with Crippen LogP contribution in [0.2, 0.25) is 0 Å². The van der Waals surface area contributed by atoms with Gasteiger partial charge in [0, 0.05) is 49.1 Å². The molecule has 2 heterocycles. The van der Waals surface area contributed by atoms with Crippen LogP contribution in [0.25, 0.3) is 11.1 Å². The molecule has 0 bridgehead atoms. The highest BCUT2D eigenvalue weighted by molar-refractivity contribution is 5.73. The second-order valence-electron chi connectivity index (χ2n) is 6.71. The number of halogens is 1. The van der Waals surface area contributed by atoms with Gasteiger partial charge in [-0.15, -0.1) is 0 Å². The Morgan fingerprint density at radius 2 is 1.96 bits per heavy atom.